The van der Waals surface area contributed by atoms with Gasteiger partial charge in [-0.25, -0.2) is 4.68 Å². The number of benzene rings is 1. The van der Waals surface area contributed by atoms with E-state index in [0.717, 1.165) is 12.1 Å². The van der Waals surface area contributed by atoms with Gasteiger partial charge in [0, 0.05) is 6.20 Å². The van der Waals surface area contributed by atoms with Crippen molar-refractivity contribution in [3.8, 4) is 5.69 Å². The Bertz CT molecular complexity index is 376. The van der Waals surface area contributed by atoms with Gasteiger partial charge in [0.1, 0.15) is 0 Å². The maximum atomic E-state index is 4.27. The maximum Gasteiger partial charge on any atom is 0.0645 e. The molecular weight excluding hydrogens is 160 g/mol. The third-order valence-electron chi connectivity index (χ3n) is 2.07. The number of nitrogens with zero attached hydrogens (tertiary/aromatic N) is 2. The Balaban J connectivity index is 2.36. The van der Waals surface area contributed by atoms with E-state index < -0.39 is 0 Å². The van der Waals surface area contributed by atoms with E-state index in [2.05, 4.69) is 18.2 Å². The zero-order valence-electron chi connectivity index (χ0n) is 7.64. The van der Waals surface area contributed by atoms with Crippen LogP contribution in [0.3, 0.4) is 0 Å². The van der Waals surface area contributed by atoms with Crippen LogP contribution in [0.25, 0.3) is 5.69 Å². The first-order valence-corrected chi connectivity index (χ1v) is 4.49. The smallest absolute Gasteiger partial charge is 0.0645 e. The number of aryl methyl sites for hydroxylation is 1. The highest BCUT2D eigenvalue weighted by molar-refractivity contribution is 5.30. The van der Waals surface area contributed by atoms with Crippen molar-refractivity contribution in [2.75, 3.05) is 0 Å². The van der Waals surface area contributed by atoms with Crippen molar-refractivity contribution in [2.45, 2.75) is 13.3 Å². The highest BCUT2D eigenvalue weighted by Gasteiger charge is 1.97. The van der Waals surface area contributed by atoms with Gasteiger partial charge >= 0.3 is 0 Å². The summed E-state index contributed by atoms with van der Waals surface area (Å²) in [6.07, 6.45) is 5.01. The predicted molar refractivity (Wildman–Crippen MR) is 52.9 cm³/mol. The van der Waals surface area contributed by atoms with Gasteiger partial charge in [0.25, 0.3) is 0 Å². The summed E-state index contributed by atoms with van der Waals surface area (Å²) in [4.78, 5) is 0. The lowest BCUT2D eigenvalue weighted by atomic mass is 10.3. The van der Waals surface area contributed by atoms with Crippen LogP contribution in [0, 0.1) is 0 Å². The van der Waals surface area contributed by atoms with Gasteiger partial charge < -0.3 is 0 Å². The molecule has 66 valence electrons. The quantitative estimate of drug-likeness (QED) is 0.680. The first-order chi connectivity index (χ1) is 6.40. The Morgan fingerprint density at radius 1 is 1.23 bits per heavy atom. The molecule has 1 aromatic carbocycles. The Morgan fingerprint density at radius 3 is 2.62 bits per heavy atom. The Labute approximate surface area is 77.8 Å². The average molecular weight is 172 g/mol. The van der Waals surface area contributed by atoms with Gasteiger partial charge in [0.2, 0.25) is 0 Å². The van der Waals surface area contributed by atoms with Crippen LogP contribution >= 0.6 is 0 Å². The molecule has 0 saturated carbocycles. The van der Waals surface area contributed by atoms with Crippen LogP contribution in [-0.2, 0) is 6.42 Å². The topological polar surface area (TPSA) is 17.8 Å². The predicted octanol–water partition coefficient (Wildman–Crippen LogP) is 2.43. The van der Waals surface area contributed by atoms with Gasteiger partial charge in [0.05, 0.1) is 11.9 Å². The molecule has 0 fully saturated rings. The largest absolute Gasteiger partial charge is 0.241 e. The Morgan fingerprint density at radius 2 is 2.00 bits per heavy atom. The fourth-order valence-corrected chi connectivity index (χ4v) is 1.26. The van der Waals surface area contributed by atoms with Gasteiger partial charge in [0.15, 0.2) is 0 Å². The highest BCUT2D eigenvalue weighted by Crippen LogP contribution is 2.07. The number of rotatable bonds is 2. The molecule has 0 atom stereocenters. The van der Waals surface area contributed by atoms with Crippen LogP contribution < -0.4 is 0 Å². The van der Waals surface area contributed by atoms with Crippen molar-refractivity contribution >= 4 is 0 Å². The molecule has 0 spiro atoms. The molecule has 0 aliphatic carbocycles. The summed E-state index contributed by atoms with van der Waals surface area (Å²) >= 11 is 0. The van der Waals surface area contributed by atoms with Crippen molar-refractivity contribution in [3.63, 3.8) is 0 Å². The van der Waals surface area contributed by atoms with E-state index in [0.29, 0.717) is 0 Å². The molecular formula is C11H12N2. The molecule has 0 radical (unpaired) electrons. The minimum absolute atomic E-state index is 1.03. The van der Waals surface area contributed by atoms with Crippen LogP contribution in [0.4, 0.5) is 0 Å². The molecule has 2 rings (SSSR count). The molecule has 13 heavy (non-hydrogen) atoms. The van der Waals surface area contributed by atoms with Crippen molar-refractivity contribution in [1.29, 1.82) is 0 Å². The van der Waals surface area contributed by atoms with Gasteiger partial charge in [-0.05, 0) is 24.1 Å². The van der Waals surface area contributed by atoms with E-state index in [1.807, 2.05) is 41.2 Å². The van der Waals surface area contributed by atoms with Crippen molar-refractivity contribution < 1.29 is 0 Å². The fourth-order valence-electron chi connectivity index (χ4n) is 1.26. The van der Waals surface area contributed by atoms with Crippen molar-refractivity contribution in [3.05, 3.63) is 48.3 Å². The van der Waals surface area contributed by atoms with Crippen LogP contribution in [0.1, 0.15) is 12.5 Å². The molecule has 0 amide bonds. The van der Waals surface area contributed by atoms with E-state index >= 15 is 0 Å². The van der Waals surface area contributed by atoms with Crippen LogP contribution in [0.2, 0.25) is 0 Å². The SMILES string of the molecule is CCc1cnn(-c2ccccc2)c1. The number of hydrogen-bond acceptors (Lipinski definition) is 1. The van der Waals surface area contributed by atoms with Gasteiger partial charge in [-0.15, -0.1) is 0 Å². The Hall–Kier alpha value is -1.57. The van der Waals surface area contributed by atoms with E-state index in [1.54, 1.807) is 0 Å². The van der Waals surface area contributed by atoms with Gasteiger partial charge in [-0.3, -0.25) is 0 Å². The lowest BCUT2D eigenvalue weighted by Gasteiger charge is -1.98. The van der Waals surface area contributed by atoms with Crippen LogP contribution in [0.5, 0.6) is 0 Å². The molecule has 1 heterocycles. The molecule has 0 aliphatic heterocycles. The minimum Gasteiger partial charge on any atom is -0.241 e. The maximum absolute atomic E-state index is 4.27. The molecule has 1 aromatic heterocycles. The van der Waals surface area contributed by atoms with E-state index in [9.17, 15) is 0 Å². The molecule has 0 N–H and O–H groups in total. The zero-order valence-corrected chi connectivity index (χ0v) is 7.64. The molecule has 0 saturated heterocycles. The monoisotopic (exact) mass is 172 g/mol. The first kappa shape index (κ1) is 8.05. The number of hydrogen-bond donors (Lipinski definition) is 0. The van der Waals surface area contributed by atoms with E-state index in [1.165, 1.54) is 5.56 Å². The molecule has 2 aromatic rings. The first-order valence-electron chi connectivity index (χ1n) is 4.49. The fraction of sp³-hybridized carbons (Fsp3) is 0.182. The summed E-state index contributed by atoms with van der Waals surface area (Å²) in [6, 6.07) is 10.1. The summed E-state index contributed by atoms with van der Waals surface area (Å²) in [6.45, 7) is 2.13. The number of aromatic nitrogens is 2. The van der Waals surface area contributed by atoms with Crippen LogP contribution in [0.15, 0.2) is 42.7 Å². The summed E-state index contributed by atoms with van der Waals surface area (Å²) in [5, 5.41) is 4.27. The molecule has 0 aliphatic rings. The summed E-state index contributed by atoms with van der Waals surface area (Å²) in [5.74, 6) is 0. The highest BCUT2D eigenvalue weighted by atomic mass is 15.3. The second-order valence-electron chi connectivity index (χ2n) is 2.98. The summed E-state index contributed by atoms with van der Waals surface area (Å²) in [5.41, 5.74) is 2.38. The van der Waals surface area contributed by atoms with E-state index in [4.69, 9.17) is 0 Å². The van der Waals surface area contributed by atoms with Crippen LogP contribution in [-0.4, -0.2) is 9.78 Å². The standard InChI is InChI=1S/C11H12N2/c1-2-10-8-12-13(9-10)11-6-4-3-5-7-11/h3-9H,2H2,1H3. The number of para-hydroxylation sites is 1. The Kier molecular flexibility index (Phi) is 2.13. The molecule has 2 nitrogen and oxygen atoms in total. The van der Waals surface area contributed by atoms with Crippen molar-refractivity contribution in [2.24, 2.45) is 0 Å². The summed E-state index contributed by atoms with van der Waals surface area (Å²) in [7, 11) is 0. The van der Waals surface area contributed by atoms with E-state index in [-0.39, 0.29) is 0 Å². The lowest BCUT2D eigenvalue weighted by molar-refractivity contribution is 0.880. The second kappa shape index (κ2) is 3.44. The normalized spacial score (nSPS) is 10.2. The molecule has 2 heteroatoms. The average Bonchev–Trinajstić information content (AvgIpc) is 2.67. The van der Waals surface area contributed by atoms with Crippen molar-refractivity contribution in [1.82, 2.24) is 9.78 Å². The minimum atomic E-state index is 1.03. The third kappa shape index (κ3) is 1.61. The zero-order chi connectivity index (χ0) is 9.10. The lowest BCUT2D eigenvalue weighted by Crippen LogP contribution is -1.92. The molecule has 0 unspecified atom stereocenters. The third-order valence-corrected chi connectivity index (χ3v) is 2.07. The summed E-state index contributed by atoms with van der Waals surface area (Å²) < 4.78 is 1.90. The van der Waals surface area contributed by atoms with Gasteiger partial charge in [-0.2, -0.15) is 5.10 Å². The second-order valence-corrected chi connectivity index (χ2v) is 2.98. The van der Waals surface area contributed by atoms with Gasteiger partial charge in [-0.1, -0.05) is 25.1 Å². The molecule has 0 bridgehead atoms.